The zero-order valence-corrected chi connectivity index (χ0v) is 9.71. The minimum Gasteiger partial charge on any atom is -0.496 e. The Bertz CT molecular complexity index is 477. The lowest BCUT2D eigenvalue weighted by Gasteiger charge is -2.12. The summed E-state index contributed by atoms with van der Waals surface area (Å²) in [6.07, 6.45) is 1.74. The molecule has 0 amide bonds. The van der Waals surface area contributed by atoms with Gasteiger partial charge in [-0.3, -0.25) is 0 Å². The minimum atomic E-state index is 0.329. The SMILES string of the molecule is COc1ccccc1-c1nncn1C(C)C. The molecule has 1 aromatic carbocycles. The van der Waals surface area contributed by atoms with Crippen molar-refractivity contribution in [3.8, 4) is 17.1 Å². The Balaban J connectivity index is 2.54. The molecule has 0 atom stereocenters. The van der Waals surface area contributed by atoms with Gasteiger partial charge in [-0.05, 0) is 26.0 Å². The molecule has 84 valence electrons. The van der Waals surface area contributed by atoms with Gasteiger partial charge in [0, 0.05) is 6.04 Å². The van der Waals surface area contributed by atoms with Crippen molar-refractivity contribution in [3.63, 3.8) is 0 Å². The molecular weight excluding hydrogens is 202 g/mol. The maximum absolute atomic E-state index is 5.32. The molecule has 4 nitrogen and oxygen atoms in total. The Labute approximate surface area is 94.9 Å². The Hall–Kier alpha value is -1.84. The summed E-state index contributed by atoms with van der Waals surface area (Å²) < 4.78 is 7.35. The number of hydrogen-bond acceptors (Lipinski definition) is 3. The van der Waals surface area contributed by atoms with Crippen molar-refractivity contribution in [1.29, 1.82) is 0 Å². The van der Waals surface area contributed by atoms with Gasteiger partial charge in [0.25, 0.3) is 0 Å². The molecule has 0 spiro atoms. The van der Waals surface area contributed by atoms with Gasteiger partial charge in [0.05, 0.1) is 12.7 Å². The van der Waals surface area contributed by atoms with Gasteiger partial charge in [-0.15, -0.1) is 10.2 Å². The van der Waals surface area contributed by atoms with Gasteiger partial charge in [-0.1, -0.05) is 12.1 Å². The van der Waals surface area contributed by atoms with Crippen LogP contribution in [0.4, 0.5) is 0 Å². The smallest absolute Gasteiger partial charge is 0.167 e. The van der Waals surface area contributed by atoms with Crippen molar-refractivity contribution in [2.75, 3.05) is 7.11 Å². The molecule has 0 bridgehead atoms. The summed E-state index contributed by atoms with van der Waals surface area (Å²) in [5, 5.41) is 8.10. The number of aromatic nitrogens is 3. The summed E-state index contributed by atoms with van der Waals surface area (Å²) in [4.78, 5) is 0. The van der Waals surface area contributed by atoms with E-state index in [2.05, 4.69) is 24.0 Å². The molecule has 16 heavy (non-hydrogen) atoms. The first-order chi connectivity index (χ1) is 7.74. The highest BCUT2D eigenvalue weighted by molar-refractivity contribution is 5.64. The molecule has 0 unspecified atom stereocenters. The second-order valence-electron chi connectivity index (χ2n) is 3.86. The van der Waals surface area contributed by atoms with Gasteiger partial charge >= 0.3 is 0 Å². The first-order valence-corrected chi connectivity index (χ1v) is 5.27. The van der Waals surface area contributed by atoms with Crippen LogP contribution < -0.4 is 4.74 Å². The highest BCUT2D eigenvalue weighted by Crippen LogP contribution is 2.29. The van der Waals surface area contributed by atoms with Crippen molar-refractivity contribution in [2.24, 2.45) is 0 Å². The molecule has 1 heterocycles. The molecule has 0 N–H and O–H groups in total. The molecule has 0 aliphatic heterocycles. The normalized spacial score (nSPS) is 10.8. The second kappa shape index (κ2) is 4.35. The van der Waals surface area contributed by atoms with Crippen LogP contribution in [-0.2, 0) is 0 Å². The first kappa shape index (κ1) is 10.7. The van der Waals surface area contributed by atoms with E-state index in [1.54, 1.807) is 13.4 Å². The Morgan fingerprint density at radius 1 is 1.25 bits per heavy atom. The van der Waals surface area contributed by atoms with Crippen molar-refractivity contribution in [3.05, 3.63) is 30.6 Å². The number of benzene rings is 1. The predicted octanol–water partition coefficient (Wildman–Crippen LogP) is 2.53. The Morgan fingerprint density at radius 2 is 2.00 bits per heavy atom. The van der Waals surface area contributed by atoms with Crippen LogP contribution in [0, 0.1) is 0 Å². The zero-order valence-electron chi connectivity index (χ0n) is 9.71. The molecule has 2 aromatic rings. The molecule has 1 aromatic heterocycles. The van der Waals surface area contributed by atoms with E-state index in [4.69, 9.17) is 4.74 Å². The van der Waals surface area contributed by atoms with Crippen LogP contribution in [0.3, 0.4) is 0 Å². The lowest BCUT2D eigenvalue weighted by Crippen LogP contribution is -2.02. The number of rotatable bonds is 3. The van der Waals surface area contributed by atoms with E-state index in [9.17, 15) is 0 Å². The second-order valence-corrected chi connectivity index (χ2v) is 3.86. The summed E-state index contributed by atoms with van der Waals surface area (Å²) in [5.74, 6) is 1.66. The molecule has 0 radical (unpaired) electrons. The van der Waals surface area contributed by atoms with Gasteiger partial charge in [0.1, 0.15) is 12.1 Å². The first-order valence-electron chi connectivity index (χ1n) is 5.27. The van der Waals surface area contributed by atoms with Crippen LogP contribution in [-0.4, -0.2) is 21.9 Å². The van der Waals surface area contributed by atoms with E-state index in [0.717, 1.165) is 17.1 Å². The molecule has 0 saturated carbocycles. The molecule has 0 aliphatic carbocycles. The highest BCUT2D eigenvalue weighted by Gasteiger charge is 2.13. The topological polar surface area (TPSA) is 39.9 Å². The molecule has 0 aliphatic rings. The van der Waals surface area contributed by atoms with Crippen LogP contribution in [0.15, 0.2) is 30.6 Å². The van der Waals surface area contributed by atoms with E-state index in [0.29, 0.717) is 6.04 Å². The number of nitrogens with zero attached hydrogens (tertiary/aromatic N) is 3. The molecule has 2 rings (SSSR count). The fourth-order valence-corrected chi connectivity index (χ4v) is 1.64. The van der Waals surface area contributed by atoms with E-state index < -0.39 is 0 Å². The quantitative estimate of drug-likeness (QED) is 0.793. The van der Waals surface area contributed by atoms with Crippen molar-refractivity contribution >= 4 is 0 Å². The van der Waals surface area contributed by atoms with Crippen LogP contribution in [0.25, 0.3) is 11.4 Å². The predicted molar refractivity (Wildman–Crippen MR) is 62.4 cm³/mol. The number of methoxy groups -OCH3 is 1. The monoisotopic (exact) mass is 217 g/mol. The van der Waals surface area contributed by atoms with E-state index in [1.807, 2.05) is 28.8 Å². The average Bonchev–Trinajstić information content (AvgIpc) is 2.77. The summed E-state index contributed by atoms with van der Waals surface area (Å²) in [5.41, 5.74) is 0.969. The third-order valence-electron chi connectivity index (χ3n) is 2.48. The van der Waals surface area contributed by atoms with E-state index >= 15 is 0 Å². The molecule has 4 heteroatoms. The van der Waals surface area contributed by atoms with Gasteiger partial charge in [-0.2, -0.15) is 0 Å². The van der Waals surface area contributed by atoms with Crippen LogP contribution in [0.2, 0.25) is 0 Å². The maximum Gasteiger partial charge on any atom is 0.167 e. The Kier molecular flexibility index (Phi) is 2.90. The zero-order chi connectivity index (χ0) is 11.5. The largest absolute Gasteiger partial charge is 0.496 e. The molecule has 0 fully saturated rings. The maximum atomic E-state index is 5.32. The fraction of sp³-hybridized carbons (Fsp3) is 0.333. The van der Waals surface area contributed by atoms with E-state index in [-0.39, 0.29) is 0 Å². The van der Waals surface area contributed by atoms with Crippen LogP contribution >= 0.6 is 0 Å². The number of para-hydroxylation sites is 1. The average molecular weight is 217 g/mol. The van der Waals surface area contributed by atoms with Crippen molar-refractivity contribution in [1.82, 2.24) is 14.8 Å². The summed E-state index contributed by atoms with van der Waals surface area (Å²) in [7, 11) is 1.66. The van der Waals surface area contributed by atoms with Crippen LogP contribution in [0.1, 0.15) is 19.9 Å². The Morgan fingerprint density at radius 3 is 2.69 bits per heavy atom. The van der Waals surface area contributed by atoms with Gasteiger partial charge in [0.2, 0.25) is 0 Å². The van der Waals surface area contributed by atoms with Gasteiger partial charge < -0.3 is 9.30 Å². The third kappa shape index (κ3) is 1.78. The number of hydrogen-bond donors (Lipinski definition) is 0. The highest BCUT2D eigenvalue weighted by atomic mass is 16.5. The third-order valence-corrected chi connectivity index (χ3v) is 2.48. The summed E-state index contributed by atoms with van der Waals surface area (Å²) >= 11 is 0. The van der Waals surface area contributed by atoms with Crippen molar-refractivity contribution in [2.45, 2.75) is 19.9 Å². The molecular formula is C12H15N3O. The van der Waals surface area contributed by atoms with Gasteiger partial charge in [-0.25, -0.2) is 0 Å². The van der Waals surface area contributed by atoms with Crippen molar-refractivity contribution < 1.29 is 4.74 Å². The van der Waals surface area contributed by atoms with E-state index in [1.165, 1.54) is 0 Å². The standard InChI is InChI=1S/C12H15N3O/c1-9(2)15-8-13-14-12(15)10-6-4-5-7-11(10)16-3/h4-9H,1-3H3. The summed E-state index contributed by atoms with van der Waals surface area (Å²) in [6.45, 7) is 4.20. The lowest BCUT2D eigenvalue weighted by atomic mass is 10.2. The van der Waals surface area contributed by atoms with Crippen LogP contribution in [0.5, 0.6) is 5.75 Å². The molecule has 0 saturated heterocycles. The number of ether oxygens (including phenoxy) is 1. The fourth-order valence-electron chi connectivity index (χ4n) is 1.64. The minimum absolute atomic E-state index is 0.329. The van der Waals surface area contributed by atoms with Gasteiger partial charge in [0.15, 0.2) is 5.82 Å². The summed E-state index contributed by atoms with van der Waals surface area (Å²) in [6, 6.07) is 8.15. The lowest BCUT2D eigenvalue weighted by molar-refractivity contribution is 0.415.